The van der Waals surface area contributed by atoms with Crippen LogP contribution >= 0.6 is 11.6 Å². The molecule has 0 saturated heterocycles. The van der Waals surface area contributed by atoms with Crippen LogP contribution in [0.15, 0.2) is 41.7 Å². The first-order valence-electron chi connectivity index (χ1n) is 5.13. The molecular weight excluding hydrogens is 256 g/mol. The van der Waals surface area contributed by atoms with Crippen LogP contribution in [0, 0.1) is 0 Å². The van der Waals surface area contributed by atoms with Crippen LogP contribution < -0.4 is 0 Å². The van der Waals surface area contributed by atoms with Crippen molar-refractivity contribution in [2.24, 2.45) is 0 Å². The summed E-state index contributed by atoms with van der Waals surface area (Å²) in [5.74, 6) is -1.44. The van der Waals surface area contributed by atoms with E-state index in [1.54, 1.807) is 24.3 Å². The highest BCUT2D eigenvalue weighted by Crippen LogP contribution is 2.29. The lowest BCUT2D eigenvalue weighted by Gasteiger charge is -2.05. The third kappa shape index (κ3) is 2.28. The van der Waals surface area contributed by atoms with Crippen LogP contribution in [0.25, 0.3) is 5.76 Å². The van der Waals surface area contributed by atoms with E-state index in [1.165, 1.54) is 13.0 Å². The minimum Gasteiger partial charge on any atom is -0.478 e. The molecule has 1 heterocycles. The summed E-state index contributed by atoms with van der Waals surface area (Å²) in [4.78, 5) is 22.4. The molecule has 0 radical (unpaired) electrons. The second-order valence-corrected chi connectivity index (χ2v) is 4.18. The smallest absolute Gasteiger partial charge is 0.335 e. The maximum atomic E-state index is 11.6. The van der Waals surface area contributed by atoms with Crippen molar-refractivity contribution in [2.75, 3.05) is 0 Å². The fourth-order valence-electron chi connectivity index (χ4n) is 1.49. The molecule has 1 aliphatic rings. The topological polar surface area (TPSA) is 63.6 Å². The van der Waals surface area contributed by atoms with E-state index in [0.717, 1.165) is 0 Å². The molecule has 0 atom stereocenters. The molecule has 5 heteroatoms. The molecule has 1 aromatic carbocycles. The summed E-state index contributed by atoms with van der Waals surface area (Å²) in [5, 5.41) is 9.39. The number of carboxylic acid groups (broad SMARTS) is 1. The first-order valence-corrected chi connectivity index (χ1v) is 5.51. The summed E-state index contributed by atoms with van der Waals surface area (Å²) in [6.07, 6.45) is 1.27. The van der Waals surface area contributed by atoms with Gasteiger partial charge in [-0.1, -0.05) is 11.6 Å². The van der Waals surface area contributed by atoms with Gasteiger partial charge in [0.25, 0.3) is 0 Å². The van der Waals surface area contributed by atoms with Crippen LogP contribution in [-0.4, -0.2) is 16.9 Å². The van der Waals surface area contributed by atoms with Gasteiger partial charge in [-0.3, -0.25) is 4.79 Å². The molecule has 0 fully saturated rings. The third-order valence-electron chi connectivity index (χ3n) is 2.49. The third-order valence-corrected chi connectivity index (χ3v) is 2.74. The summed E-state index contributed by atoms with van der Waals surface area (Å²) in [6.45, 7) is 1.33. The number of allylic oxidation sites excluding steroid dienone is 1. The minimum absolute atomic E-state index is 0.111. The van der Waals surface area contributed by atoms with Crippen LogP contribution in [0.1, 0.15) is 12.5 Å². The average Bonchev–Trinajstić information content (AvgIpc) is 2.71. The Kier molecular flexibility index (Phi) is 3.21. The van der Waals surface area contributed by atoms with Crippen molar-refractivity contribution in [3.63, 3.8) is 0 Å². The predicted molar refractivity (Wildman–Crippen MR) is 65.9 cm³/mol. The summed E-state index contributed by atoms with van der Waals surface area (Å²) in [5.41, 5.74) is 0.557. The normalized spacial score (nSPS) is 17.2. The van der Waals surface area contributed by atoms with Gasteiger partial charge in [0, 0.05) is 16.7 Å². The number of hydrogen-bond acceptors (Lipinski definition) is 3. The Labute approximate surface area is 108 Å². The largest absolute Gasteiger partial charge is 0.478 e. The van der Waals surface area contributed by atoms with Crippen molar-refractivity contribution in [1.29, 1.82) is 0 Å². The summed E-state index contributed by atoms with van der Waals surface area (Å²) >= 11 is 5.75. The highest BCUT2D eigenvalue weighted by Gasteiger charge is 2.26. The molecule has 0 spiro atoms. The fraction of sp³-hybridized carbons (Fsp3) is 0.0769. The Morgan fingerprint density at radius 1 is 1.28 bits per heavy atom. The van der Waals surface area contributed by atoms with E-state index in [1.807, 2.05) is 0 Å². The number of carbonyl (C=O) groups is 2. The number of carboxylic acids is 1. The molecule has 1 aliphatic heterocycles. The number of ether oxygens (including phenoxy) is 1. The number of aliphatic carboxylic acids is 1. The number of rotatable bonds is 2. The number of carbonyl (C=O) groups excluding carboxylic acids is 1. The van der Waals surface area contributed by atoms with Gasteiger partial charge in [-0.25, -0.2) is 4.79 Å². The van der Waals surface area contributed by atoms with Gasteiger partial charge >= 0.3 is 5.97 Å². The average molecular weight is 265 g/mol. The van der Waals surface area contributed by atoms with Gasteiger partial charge in [0.1, 0.15) is 5.76 Å². The Morgan fingerprint density at radius 2 is 1.89 bits per heavy atom. The zero-order chi connectivity index (χ0) is 13.3. The molecule has 2 rings (SSSR count). The van der Waals surface area contributed by atoms with Crippen molar-refractivity contribution in [2.45, 2.75) is 6.92 Å². The number of benzene rings is 1. The van der Waals surface area contributed by atoms with E-state index in [9.17, 15) is 9.59 Å². The lowest BCUT2D eigenvalue weighted by atomic mass is 10.1. The molecule has 0 unspecified atom stereocenters. The molecule has 18 heavy (non-hydrogen) atoms. The molecule has 0 aliphatic carbocycles. The molecule has 0 amide bonds. The van der Waals surface area contributed by atoms with E-state index in [2.05, 4.69) is 0 Å². The van der Waals surface area contributed by atoms with Gasteiger partial charge in [0.15, 0.2) is 5.76 Å². The van der Waals surface area contributed by atoms with E-state index in [0.29, 0.717) is 16.3 Å². The monoisotopic (exact) mass is 264 g/mol. The van der Waals surface area contributed by atoms with Crippen molar-refractivity contribution in [3.05, 3.63) is 52.3 Å². The van der Waals surface area contributed by atoms with Crippen LogP contribution in [0.4, 0.5) is 0 Å². The first kappa shape index (κ1) is 12.4. The standard InChI is InChI=1S/C13H9ClO4/c1-7(13(16)17)12-10(15)6-11(18-12)8-2-4-9(14)5-3-8/h2-6H,1H3,(H,16,17). The SMILES string of the molecule is CC(C(=O)O)=C1OC(c2ccc(Cl)cc2)=CC1=O. The second-order valence-electron chi connectivity index (χ2n) is 3.74. The molecular formula is C13H9ClO4. The maximum Gasteiger partial charge on any atom is 0.335 e. The molecule has 1 N–H and O–H groups in total. The molecule has 0 saturated carbocycles. The van der Waals surface area contributed by atoms with Crippen LogP contribution in [0.2, 0.25) is 5.02 Å². The van der Waals surface area contributed by atoms with Gasteiger partial charge in [-0.2, -0.15) is 0 Å². The van der Waals surface area contributed by atoms with Crippen LogP contribution in [0.5, 0.6) is 0 Å². The summed E-state index contributed by atoms with van der Waals surface area (Å²) in [6, 6.07) is 6.72. The Balaban J connectivity index is 2.33. The molecule has 0 aromatic heterocycles. The predicted octanol–water partition coefficient (Wildman–Crippen LogP) is 2.64. The highest BCUT2D eigenvalue weighted by molar-refractivity contribution is 6.30. The lowest BCUT2D eigenvalue weighted by Crippen LogP contribution is -2.05. The number of ketones is 1. The number of hydrogen-bond donors (Lipinski definition) is 1. The highest BCUT2D eigenvalue weighted by atomic mass is 35.5. The molecule has 4 nitrogen and oxygen atoms in total. The van der Waals surface area contributed by atoms with E-state index in [-0.39, 0.29) is 11.3 Å². The van der Waals surface area contributed by atoms with Gasteiger partial charge in [0.2, 0.25) is 5.78 Å². The Hall–Kier alpha value is -2.07. The quantitative estimate of drug-likeness (QED) is 0.834. The van der Waals surface area contributed by atoms with E-state index in [4.69, 9.17) is 21.4 Å². The van der Waals surface area contributed by atoms with Gasteiger partial charge < -0.3 is 9.84 Å². The van der Waals surface area contributed by atoms with Crippen LogP contribution in [0.3, 0.4) is 0 Å². The van der Waals surface area contributed by atoms with Crippen molar-refractivity contribution < 1.29 is 19.4 Å². The zero-order valence-electron chi connectivity index (χ0n) is 9.44. The molecule has 92 valence electrons. The second kappa shape index (κ2) is 4.66. The maximum absolute atomic E-state index is 11.6. The van der Waals surface area contributed by atoms with Crippen molar-refractivity contribution in [1.82, 2.24) is 0 Å². The fourth-order valence-corrected chi connectivity index (χ4v) is 1.62. The minimum atomic E-state index is -1.18. The lowest BCUT2D eigenvalue weighted by molar-refractivity contribution is -0.133. The van der Waals surface area contributed by atoms with E-state index < -0.39 is 11.8 Å². The number of halogens is 1. The zero-order valence-corrected chi connectivity index (χ0v) is 10.2. The Bertz CT molecular complexity index is 582. The molecule has 1 aromatic rings. The first-order chi connectivity index (χ1) is 8.49. The van der Waals surface area contributed by atoms with Gasteiger partial charge in [0.05, 0.1) is 5.57 Å². The summed E-state index contributed by atoms with van der Waals surface area (Å²) in [7, 11) is 0. The van der Waals surface area contributed by atoms with Gasteiger partial charge in [-0.15, -0.1) is 0 Å². The summed E-state index contributed by atoms with van der Waals surface area (Å²) < 4.78 is 5.29. The van der Waals surface area contributed by atoms with Crippen LogP contribution in [-0.2, 0) is 14.3 Å². The molecule has 0 bridgehead atoms. The van der Waals surface area contributed by atoms with Crippen molar-refractivity contribution >= 4 is 29.1 Å². The van der Waals surface area contributed by atoms with Crippen molar-refractivity contribution in [3.8, 4) is 0 Å². The van der Waals surface area contributed by atoms with E-state index >= 15 is 0 Å². The van der Waals surface area contributed by atoms with Gasteiger partial charge in [-0.05, 0) is 31.2 Å². The Morgan fingerprint density at radius 3 is 2.44 bits per heavy atom.